The Hall–Kier alpha value is -1.51. The van der Waals surface area contributed by atoms with Gasteiger partial charge in [0.25, 0.3) is 0 Å². The van der Waals surface area contributed by atoms with Gasteiger partial charge in [0.05, 0.1) is 22.8 Å². The SMILES string of the molecule is COc1c(Br)cc(Br)cc1CNc1cccc(C)c1C#N. The predicted molar refractivity (Wildman–Crippen MR) is 91.6 cm³/mol. The van der Waals surface area contributed by atoms with Gasteiger partial charge in [-0.3, -0.25) is 0 Å². The summed E-state index contributed by atoms with van der Waals surface area (Å²) in [5.74, 6) is 0.789. The van der Waals surface area contributed by atoms with Crippen molar-refractivity contribution in [2.45, 2.75) is 13.5 Å². The number of hydrogen-bond donors (Lipinski definition) is 1. The van der Waals surface area contributed by atoms with Gasteiger partial charge in [-0.1, -0.05) is 28.1 Å². The Balaban J connectivity index is 2.29. The van der Waals surface area contributed by atoms with Crippen LogP contribution in [0, 0.1) is 18.3 Å². The van der Waals surface area contributed by atoms with E-state index in [1.807, 2.05) is 37.3 Å². The molecule has 2 aromatic rings. The van der Waals surface area contributed by atoms with Gasteiger partial charge in [-0.2, -0.15) is 5.26 Å². The molecule has 0 saturated heterocycles. The summed E-state index contributed by atoms with van der Waals surface area (Å²) in [4.78, 5) is 0. The van der Waals surface area contributed by atoms with Gasteiger partial charge >= 0.3 is 0 Å². The zero-order chi connectivity index (χ0) is 15.4. The molecule has 0 saturated carbocycles. The minimum atomic E-state index is 0.569. The Morgan fingerprint density at radius 2 is 2.05 bits per heavy atom. The number of nitriles is 1. The third kappa shape index (κ3) is 3.58. The molecule has 0 heterocycles. The highest BCUT2D eigenvalue weighted by molar-refractivity contribution is 9.11. The van der Waals surface area contributed by atoms with Crippen LogP contribution in [-0.4, -0.2) is 7.11 Å². The summed E-state index contributed by atoms with van der Waals surface area (Å²) < 4.78 is 7.29. The maximum Gasteiger partial charge on any atom is 0.138 e. The highest BCUT2D eigenvalue weighted by Gasteiger charge is 2.10. The average Bonchev–Trinajstić information content (AvgIpc) is 2.44. The van der Waals surface area contributed by atoms with E-state index in [0.29, 0.717) is 12.1 Å². The molecule has 2 rings (SSSR count). The van der Waals surface area contributed by atoms with Gasteiger partial charge in [0.15, 0.2) is 0 Å². The molecule has 1 N–H and O–H groups in total. The standard InChI is InChI=1S/C16H14Br2N2O/c1-10-4-3-5-15(13(10)8-19)20-9-11-6-12(17)7-14(18)16(11)21-2/h3-7,20H,9H2,1-2H3. The molecule has 0 bridgehead atoms. The summed E-state index contributed by atoms with van der Waals surface area (Å²) in [6.45, 7) is 2.50. The molecule has 5 heteroatoms. The second kappa shape index (κ2) is 6.97. The number of ether oxygens (including phenoxy) is 1. The number of benzene rings is 2. The van der Waals surface area contributed by atoms with Crippen LogP contribution in [0.3, 0.4) is 0 Å². The first-order valence-electron chi connectivity index (χ1n) is 6.32. The minimum Gasteiger partial charge on any atom is -0.495 e. The van der Waals surface area contributed by atoms with E-state index >= 15 is 0 Å². The van der Waals surface area contributed by atoms with Gasteiger partial charge in [-0.25, -0.2) is 0 Å². The Bertz CT molecular complexity index is 708. The summed E-state index contributed by atoms with van der Waals surface area (Å²) in [6, 6.07) is 12.0. The quantitative estimate of drug-likeness (QED) is 0.771. The van der Waals surface area contributed by atoms with E-state index in [4.69, 9.17) is 4.74 Å². The third-order valence-electron chi connectivity index (χ3n) is 3.14. The van der Waals surface area contributed by atoms with Crippen molar-refractivity contribution in [2.24, 2.45) is 0 Å². The molecule has 0 aromatic heterocycles. The minimum absolute atomic E-state index is 0.569. The van der Waals surface area contributed by atoms with Gasteiger partial charge in [0.1, 0.15) is 11.8 Å². The molecule has 0 aliphatic carbocycles. The Morgan fingerprint density at radius 3 is 2.71 bits per heavy atom. The number of aryl methyl sites for hydroxylation is 1. The fraction of sp³-hybridized carbons (Fsp3) is 0.188. The number of nitrogens with one attached hydrogen (secondary N) is 1. The second-order valence-electron chi connectivity index (χ2n) is 4.54. The van der Waals surface area contributed by atoms with Crippen molar-refractivity contribution in [3.05, 3.63) is 56.0 Å². The van der Waals surface area contributed by atoms with E-state index in [9.17, 15) is 5.26 Å². The van der Waals surface area contributed by atoms with Crippen LogP contribution < -0.4 is 10.1 Å². The van der Waals surface area contributed by atoms with Crippen LogP contribution in [0.4, 0.5) is 5.69 Å². The molecule has 21 heavy (non-hydrogen) atoms. The van der Waals surface area contributed by atoms with Crippen molar-refractivity contribution in [1.29, 1.82) is 5.26 Å². The third-order valence-corrected chi connectivity index (χ3v) is 4.19. The van der Waals surface area contributed by atoms with E-state index in [1.165, 1.54) is 0 Å². The highest BCUT2D eigenvalue weighted by Crippen LogP contribution is 2.33. The van der Waals surface area contributed by atoms with Crippen LogP contribution in [0.2, 0.25) is 0 Å². The van der Waals surface area contributed by atoms with E-state index in [2.05, 4.69) is 43.2 Å². The number of rotatable bonds is 4. The summed E-state index contributed by atoms with van der Waals surface area (Å²) in [5.41, 5.74) is 3.47. The molecule has 0 unspecified atom stereocenters. The molecule has 108 valence electrons. The fourth-order valence-corrected chi connectivity index (χ4v) is 3.60. The molecule has 0 radical (unpaired) electrons. The van der Waals surface area contributed by atoms with E-state index < -0.39 is 0 Å². The number of halogens is 2. The second-order valence-corrected chi connectivity index (χ2v) is 6.31. The molecule has 2 aromatic carbocycles. The number of nitrogens with zero attached hydrogens (tertiary/aromatic N) is 1. The molecule has 0 atom stereocenters. The first-order valence-corrected chi connectivity index (χ1v) is 7.91. The number of methoxy groups -OCH3 is 1. The number of hydrogen-bond acceptors (Lipinski definition) is 3. The van der Waals surface area contributed by atoms with Crippen molar-refractivity contribution < 1.29 is 4.74 Å². The van der Waals surface area contributed by atoms with Crippen LogP contribution in [-0.2, 0) is 6.54 Å². The first-order chi connectivity index (χ1) is 10.1. The highest BCUT2D eigenvalue weighted by atomic mass is 79.9. The molecule has 0 fully saturated rings. The van der Waals surface area contributed by atoms with Gasteiger partial charge in [-0.15, -0.1) is 0 Å². The normalized spacial score (nSPS) is 10.0. The largest absolute Gasteiger partial charge is 0.495 e. The van der Waals surface area contributed by atoms with Gasteiger partial charge in [-0.05, 0) is 46.6 Å². The average molecular weight is 410 g/mol. The lowest BCUT2D eigenvalue weighted by atomic mass is 10.1. The molecule has 0 aliphatic heterocycles. The van der Waals surface area contributed by atoms with Crippen molar-refractivity contribution in [1.82, 2.24) is 0 Å². The van der Waals surface area contributed by atoms with E-state index in [1.54, 1.807) is 7.11 Å². The van der Waals surface area contributed by atoms with Crippen LogP contribution >= 0.6 is 31.9 Å². The van der Waals surface area contributed by atoms with E-state index in [-0.39, 0.29) is 0 Å². The van der Waals surface area contributed by atoms with Crippen molar-refractivity contribution >= 4 is 37.5 Å². The summed E-state index contributed by atoms with van der Waals surface area (Å²) in [7, 11) is 1.64. The lowest BCUT2D eigenvalue weighted by Gasteiger charge is -2.14. The Kier molecular flexibility index (Phi) is 5.27. The molecular formula is C16H14Br2N2O. The lowest BCUT2D eigenvalue weighted by molar-refractivity contribution is 0.407. The monoisotopic (exact) mass is 408 g/mol. The maximum absolute atomic E-state index is 9.26. The first kappa shape index (κ1) is 15.9. The number of anilines is 1. The Labute approximate surface area is 141 Å². The van der Waals surface area contributed by atoms with Crippen LogP contribution in [0.25, 0.3) is 0 Å². The van der Waals surface area contributed by atoms with Gasteiger partial charge < -0.3 is 10.1 Å². The zero-order valence-electron chi connectivity index (χ0n) is 11.7. The lowest BCUT2D eigenvalue weighted by Crippen LogP contribution is -2.04. The van der Waals surface area contributed by atoms with Crippen molar-refractivity contribution in [3.63, 3.8) is 0 Å². The predicted octanol–water partition coefficient (Wildman–Crippen LogP) is 5.01. The molecule has 0 amide bonds. The summed E-state index contributed by atoms with van der Waals surface area (Å²) >= 11 is 6.97. The van der Waals surface area contributed by atoms with Gasteiger partial charge in [0.2, 0.25) is 0 Å². The topological polar surface area (TPSA) is 45.0 Å². The molecular weight excluding hydrogens is 396 g/mol. The summed E-state index contributed by atoms with van der Waals surface area (Å²) in [6.07, 6.45) is 0. The summed E-state index contributed by atoms with van der Waals surface area (Å²) in [5, 5.41) is 12.6. The van der Waals surface area contributed by atoms with Crippen LogP contribution in [0.1, 0.15) is 16.7 Å². The molecule has 3 nitrogen and oxygen atoms in total. The van der Waals surface area contributed by atoms with Gasteiger partial charge in [0, 0.05) is 16.6 Å². The smallest absolute Gasteiger partial charge is 0.138 e. The Morgan fingerprint density at radius 1 is 1.29 bits per heavy atom. The van der Waals surface area contributed by atoms with Crippen molar-refractivity contribution in [2.75, 3.05) is 12.4 Å². The van der Waals surface area contributed by atoms with Crippen LogP contribution in [0.15, 0.2) is 39.3 Å². The molecule has 0 aliphatic rings. The molecule has 0 spiro atoms. The van der Waals surface area contributed by atoms with E-state index in [0.717, 1.165) is 31.5 Å². The fourth-order valence-electron chi connectivity index (χ4n) is 2.13. The maximum atomic E-state index is 9.26. The van der Waals surface area contributed by atoms with Crippen LogP contribution in [0.5, 0.6) is 5.75 Å². The zero-order valence-corrected chi connectivity index (χ0v) is 14.9. The van der Waals surface area contributed by atoms with Crippen molar-refractivity contribution in [3.8, 4) is 11.8 Å².